The van der Waals surface area contributed by atoms with Crippen LogP contribution in [0, 0.1) is 13.8 Å². The van der Waals surface area contributed by atoms with Gasteiger partial charge in [-0.25, -0.2) is 0 Å². The highest BCUT2D eigenvalue weighted by Crippen LogP contribution is 2.45. The summed E-state index contributed by atoms with van der Waals surface area (Å²) in [5.74, 6) is -0.502. The van der Waals surface area contributed by atoms with Crippen molar-refractivity contribution in [2.24, 2.45) is 0 Å². The number of fused-ring (bicyclic) bond motifs is 1. The van der Waals surface area contributed by atoms with Crippen molar-refractivity contribution in [3.63, 3.8) is 0 Å². The predicted octanol–water partition coefficient (Wildman–Crippen LogP) is 5.64. The summed E-state index contributed by atoms with van der Waals surface area (Å²) in [5.41, 5.74) is 6.11. The van der Waals surface area contributed by atoms with Gasteiger partial charge in [-0.3, -0.25) is 19.8 Å². The maximum Gasteiger partial charge on any atom is 0.270 e. The third-order valence-corrected chi connectivity index (χ3v) is 7.22. The Bertz CT molecular complexity index is 1230. The lowest BCUT2D eigenvalue weighted by Gasteiger charge is -2.50. The number of amides is 2. The van der Waals surface area contributed by atoms with Gasteiger partial charge in [-0.1, -0.05) is 25.1 Å². The molecule has 1 N–H and O–H groups in total. The van der Waals surface area contributed by atoms with Crippen molar-refractivity contribution in [2.45, 2.75) is 72.4 Å². The van der Waals surface area contributed by atoms with Crippen molar-refractivity contribution in [3.8, 4) is 0 Å². The van der Waals surface area contributed by atoms with Crippen molar-refractivity contribution in [2.75, 3.05) is 9.80 Å². The highest BCUT2D eigenvalue weighted by molar-refractivity contribution is 7.80. The van der Waals surface area contributed by atoms with E-state index in [0.717, 1.165) is 23.1 Å². The van der Waals surface area contributed by atoms with Gasteiger partial charge in [0.25, 0.3) is 11.8 Å². The van der Waals surface area contributed by atoms with E-state index < -0.39 is 11.8 Å². The van der Waals surface area contributed by atoms with Crippen LogP contribution in [0.25, 0.3) is 6.08 Å². The van der Waals surface area contributed by atoms with Gasteiger partial charge in [-0.05, 0) is 113 Å². The molecule has 34 heavy (non-hydrogen) atoms. The van der Waals surface area contributed by atoms with E-state index in [4.69, 9.17) is 12.2 Å². The average molecular weight is 476 g/mol. The molecular formula is C28H33N3O2S. The summed E-state index contributed by atoms with van der Waals surface area (Å²) >= 11 is 5.36. The van der Waals surface area contributed by atoms with Gasteiger partial charge in [-0.2, -0.15) is 0 Å². The normalized spacial score (nSPS) is 21.2. The van der Waals surface area contributed by atoms with Crippen LogP contribution in [0.5, 0.6) is 0 Å². The van der Waals surface area contributed by atoms with Gasteiger partial charge in [0.15, 0.2) is 5.11 Å². The molecule has 1 fully saturated rings. The molecular weight excluding hydrogens is 442 g/mol. The van der Waals surface area contributed by atoms with Crippen molar-refractivity contribution in [1.29, 1.82) is 0 Å². The van der Waals surface area contributed by atoms with Gasteiger partial charge in [-0.15, -0.1) is 0 Å². The molecule has 5 nitrogen and oxygen atoms in total. The summed E-state index contributed by atoms with van der Waals surface area (Å²) in [4.78, 5) is 30.2. The van der Waals surface area contributed by atoms with Crippen LogP contribution in [0.3, 0.4) is 0 Å². The first-order valence-electron chi connectivity index (χ1n) is 11.8. The molecule has 2 heterocycles. The van der Waals surface area contributed by atoms with Crippen LogP contribution in [-0.2, 0) is 9.59 Å². The summed E-state index contributed by atoms with van der Waals surface area (Å²) in [7, 11) is 0. The first-order chi connectivity index (χ1) is 15.9. The molecule has 1 saturated heterocycles. The van der Waals surface area contributed by atoms with Gasteiger partial charge in [0.1, 0.15) is 5.57 Å². The molecule has 2 aliphatic rings. The summed E-state index contributed by atoms with van der Waals surface area (Å²) in [6, 6.07) is 12.2. The van der Waals surface area contributed by atoms with Crippen LogP contribution in [0.2, 0.25) is 0 Å². The number of aryl methyl sites for hydroxylation is 2. The smallest absolute Gasteiger partial charge is 0.270 e. The molecule has 1 atom stereocenters. The molecule has 6 heteroatoms. The SMILES string of the molecule is Cc1cc2c(cc1/C=C1\C(=O)NC(=S)N(c3ccccc3C)C1=O)[C@@H](C)CC(C)(C)N2C(C)C. The molecule has 0 unspecified atom stereocenters. The lowest BCUT2D eigenvalue weighted by Crippen LogP contribution is -2.54. The second-order valence-corrected chi connectivity index (χ2v) is 10.8. The van der Waals surface area contributed by atoms with E-state index in [1.807, 2.05) is 38.1 Å². The summed E-state index contributed by atoms with van der Waals surface area (Å²) in [6.07, 6.45) is 2.75. The molecule has 0 aromatic heterocycles. The molecule has 2 aliphatic heterocycles. The van der Waals surface area contributed by atoms with E-state index >= 15 is 0 Å². The fourth-order valence-corrected chi connectivity index (χ4v) is 5.87. The molecule has 0 aliphatic carbocycles. The van der Waals surface area contributed by atoms with E-state index in [1.54, 1.807) is 6.08 Å². The maximum atomic E-state index is 13.5. The minimum absolute atomic E-state index is 0.0516. The van der Waals surface area contributed by atoms with Crippen LogP contribution >= 0.6 is 12.2 Å². The number of benzene rings is 2. The van der Waals surface area contributed by atoms with E-state index in [-0.39, 0.29) is 16.2 Å². The Morgan fingerprint density at radius 2 is 1.76 bits per heavy atom. The standard InChI is InChI=1S/C28H33N3O2S/c1-16(2)31-24-12-18(4)20(13-21(24)19(5)15-28(31,6)7)14-22-25(32)29-27(34)30(26(22)33)23-11-9-8-10-17(23)3/h8-14,16,19H,15H2,1-7H3,(H,29,32,34)/b22-14+/t19-/m0/s1. The summed E-state index contributed by atoms with van der Waals surface area (Å²) in [6.45, 7) is 15.2. The quantitative estimate of drug-likeness (QED) is 0.355. The van der Waals surface area contributed by atoms with Crippen molar-refractivity contribution in [1.82, 2.24) is 5.32 Å². The molecule has 2 amide bonds. The minimum Gasteiger partial charge on any atom is -0.364 e. The van der Waals surface area contributed by atoms with Crippen LogP contribution in [0.15, 0.2) is 42.0 Å². The maximum absolute atomic E-state index is 13.5. The lowest BCUT2D eigenvalue weighted by molar-refractivity contribution is -0.122. The molecule has 0 bridgehead atoms. The fourth-order valence-electron chi connectivity index (χ4n) is 5.59. The molecule has 0 saturated carbocycles. The Balaban J connectivity index is 1.80. The highest BCUT2D eigenvalue weighted by Gasteiger charge is 2.39. The van der Waals surface area contributed by atoms with Crippen molar-refractivity contribution >= 4 is 46.6 Å². The van der Waals surface area contributed by atoms with E-state index in [2.05, 4.69) is 57.0 Å². The Morgan fingerprint density at radius 1 is 1.09 bits per heavy atom. The second-order valence-electron chi connectivity index (χ2n) is 10.4. The van der Waals surface area contributed by atoms with Gasteiger partial charge in [0.2, 0.25) is 0 Å². The molecule has 0 radical (unpaired) electrons. The number of thiocarbonyl (C=S) groups is 1. The number of rotatable bonds is 3. The number of para-hydroxylation sites is 1. The minimum atomic E-state index is -0.463. The monoisotopic (exact) mass is 475 g/mol. The lowest BCUT2D eigenvalue weighted by atomic mass is 9.78. The van der Waals surface area contributed by atoms with E-state index in [0.29, 0.717) is 17.6 Å². The summed E-state index contributed by atoms with van der Waals surface area (Å²) in [5, 5.41) is 2.80. The largest absolute Gasteiger partial charge is 0.364 e. The number of hydrogen-bond donors (Lipinski definition) is 1. The zero-order chi connectivity index (χ0) is 24.9. The average Bonchev–Trinajstić information content (AvgIpc) is 2.72. The number of nitrogens with zero attached hydrogens (tertiary/aromatic N) is 2. The topological polar surface area (TPSA) is 52.7 Å². The van der Waals surface area contributed by atoms with E-state index in [9.17, 15) is 9.59 Å². The molecule has 2 aromatic rings. The van der Waals surface area contributed by atoms with Gasteiger partial charge in [0, 0.05) is 17.3 Å². The van der Waals surface area contributed by atoms with Gasteiger partial charge >= 0.3 is 0 Å². The Hall–Kier alpha value is -2.99. The zero-order valence-electron chi connectivity index (χ0n) is 21.0. The number of anilines is 2. The summed E-state index contributed by atoms with van der Waals surface area (Å²) < 4.78 is 0. The Morgan fingerprint density at radius 3 is 2.41 bits per heavy atom. The predicted molar refractivity (Wildman–Crippen MR) is 143 cm³/mol. The Kier molecular flexibility index (Phi) is 6.15. The second kappa shape index (κ2) is 8.66. The van der Waals surface area contributed by atoms with Gasteiger partial charge in [0.05, 0.1) is 5.69 Å². The van der Waals surface area contributed by atoms with Crippen molar-refractivity contribution < 1.29 is 9.59 Å². The number of hydrogen-bond acceptors (Lipinski definition) is 4. The first kappa shape index (κ1) is 24.1. The van der Waals surface area contributed by atoms with Crippen LogP contribution in [0.1, 0.15) is 69.2 Å². The van der Waals surface area contributed by atoms with Gasteiger partial charge < -0.3 is 4.90 Å². The fraction of sp³-hybridized carbons (Fsp3) is 0.393. The number of nitrogens with one attached hydrogen (secondary N) is 1. The third-order valence-electron chi connectivity index (χ3n) is 6.94. The number of carbonyl (C=O) groups excluding carboxylic acids is 2. The third kappa shape index (κ3) is 4.05. The molecule has 178 valence electrons. The van der Waals surface area contributed by atoms with E-state index in [1.165, 1.54) is 16.2 Å². The number of carbonyl (C=O) groups is 2. The van der Waals surface area contributed by atoms with Crippen LogP contribution < -0.4 is 15.1 Å². The van der Waals surface area contributed by atoms with Crippen LogP contribution in [-0.4, -0.2) is 28.5 Å². The van der Waals surface area contributed by atoms with Crippen LogP contribution in [0.4, 0.5) is 11.4 Å². The Labute approximate surface area is 207 Å². The van der Waals surface area contributed by atoms with Crippen molar-refractivity contribution in [3.05, 3.63) is 64.2 Å². The molecule has 4 rings (SSSR count). The highest BCUT2D eigenvalue weighted by atomic mass is 32.1. The zero-order valence-corrected chi connectivity index (χ0v) is 21.8. The molecule has 0 spiro atoms. The first-order valence-corrected chi connectivity index (χ1v) is 12.2. The molecule has 2 aromatic carbocycles.